The average molecular weight is 429 g/mol. The number of aliphatic imine (C=N–C) groups is 1. The van der Waals surface area contributed by atoms with E-state index in [-0.39, 0.29) is 11.3 Å². The number of H-pyrrole nitrogens is 1. The third-order valence-corrected chi connectivity index (χ3v) is 6.04. The number of hydrogen-bond acceptors (Lipinski definition) is 4. The summed E-state index contributed by atoms with van der Waals surface area (Å²) in [7, 11) is 2.01. The molecule has 6 nitrogen and oxygen atoms in total. The molecule has 0 unspecified atom stereocenters. The first-order valence-electron chi connectivity index (χ1n) is 10.7. The number of carbonyl (C=O) groups excluding carboxylic acids is 2. The molecule has 0 saturated carbocycles. The van der Waals surface area contributed by atoms with Crippen molar-refractivity contribution in [1.82, 2.24) is 15.1 Å². The molecule has 3 aromatic rings. The van der Waals surface area contributed by atoms with Gasteiger partial charge in [0.25, 0.3) is 5.91 Å². The first-order valence-corrected chi connectivity index (χ1v) is 10.7. The molecule has 0 spiro atoms. The second kappa shape index (κ2) is 8.63. The number of nitrogens with one attached hydrogen (secondary N) is 1. The molecule has 6 heteroatoms. The van der Waals surface area contributed by atoms with E-state index in [9.17, 15) is 9.59 Å². The van der Waals surface area contributed by atoms with E-state index in [0.717, 1.165) is 41.5 Å². The SMILES string of the molecule is C=NC(=O)c1ccc(CN(C)Cc2cc(-c3n[nH]c4c3CC(C)(C)C4)ccc2C=O)cc1. The molecule has 4 rings (SSSR count). The van der Waals surface area contributed by atoms with Gasteiger partial charge in [0.2, 0.25) is 0 Å². The molecule has 32 heavy (non-hydrogen) atoms. The Labute approximate surface area is 188 Å². The number of benzene rings is 2. The van der Waals surface area contributed by atoms with E-state index in [2.05, 4.69) is 46.7 Å². The van der Waals surface area contributed by atoms with Gasteiger partial charge in [0.1, 0.15) is 6.29 Å². The minimum absolute atomic E-state index is 0.243. The van der Waals surface area contributed by atoms with Crippen molar-refractivity contribution in [3.05, 3.63) is 76.0 Å². The number of amides is 1. The number of hydrogen-bond donors (Lipinski definition) is 1. The van der Waals surface area contributed by atoms with Crippen molar-refractivity contribution in [2.24, 2.45) is 10.4 Å². The van der Waals surface area contributed by atoms with Crippen LogP contribution in [0.2, 0.25) is 0 Å². The fraction of sp³-hybridized carbons (Fsp3) is 0.308. The number of aromatic amines is 1. The van der Waals surface area contributed by atoms with E-state index in [4.69, 9.17) is 0 Å². The summed E-state index contributed by atoms with van der Waals surface area (Å²) in [4.78, 5) is 28.9. The van der Waals surface area contributed by atoms with E-state index in [0.29, 0.717) is 24.2 Å². The van der Waals surface area contributed by atoms with Crippen LogP contribution in [0.4, 0.5) is 0 Å². The average Bonchev–Trinajstić information content (AvgIpc) is 3.28. The van der Waals surface area contributed by atoms with Crippen molar-refractivity contribution in [2.45, 2.75) is 39.8 Å². The molecule has 0 radical (unpaired) electrons. The Morgan fingerprint density at radius 1 is 1.19 bits per heavy atom. The molecule has 0 atom stereocenters. The Morgan fingerprint density at radius 3 is 2.62 bits per heavy atom. The van der Waals surface area contributed by atoms with Gasteiger partial charge < -0.3 is 0 Å². The van der Waals surface area contributed by atoms with Gasteiger partial charge in [-0.3, -0.25) is 19.6 Å². The Balaban J connectivity index is 1.53. The van der Waals surface area contributed by atoms with Gasteiger partial charge in [-0.1, -0.05) is 38.1 Å². The number of rotatable bonds is 7. The zero-order valence-electron chi connectivity index (χ0n) is 18.8. The van der Waals surface area contributed by atoms with Crippen molar-refractivity contribution >= 4 is 18.9 Å². The van der Waals surface area contributed by atoms with Crippen molar-refractivity contribution < 1.29 is 9.59 Å². The normalized spacial score (nSPS) is 14.4. The van der Waals surface area contributed by atoms with Crippen molar-refractivity contribution in [3.63, 3.8) is 0 Å². The molecule has 1 heterocycles. The van der Waals surface area contributed by atoms with Crippen LogP contribution in [0.1, 0.15) is 56.9 Å². The van der Waals surface area contributed by atoms with Crippen LogP contribution in [0.25, 0.3) is 11.3 Å². The minimum Gasteiger partial charge on any atom is -0.298 e. The molecule has 164 valence electrons. The maximum absolute atomic E-state index is 11.7. The predicted octanol–water partition coefficient (Wildman–Crippen LogP) is 4.49. The van der Waals surface area contributed by atoms with Gasteiger partial charge in [0, 0.05) is 41.0 Å². The van der Waals surface area contributed by atoms with E-state index >= 15 is 0 Å². The Morgan fingerprint density at radius 2 is 1.94 bits per heavy atom. The van der Waals surface area contributed by atoms with Crippen LogP contribution < -0.4 is 0 Å². The molecule has 0 aliphatic heterocycles. The second-order valence-corrected chi connectivity index (χ2v) is 9.41. The molecule has 1 N–H and O–H groups in total. The largest absolute Gasteiger partial charge is 0.298 e. The van der Waals surface area contributed by atoms with Gasteiger partial charge >= 0.3 is 0 Å². The Kier molecular flexibility index (Phi) is 5.89. The summed E-state index contributed by atoms with van der Waals surface area (Å²) in [5.41, 5.74) is 8.03. The van der Waals surface area contributed by atoms with E-state index in [1.54, 1.807) is 12.1 Å². The summed E-state index contributed by atoms with van der Waals surface area (Å²) < 4.78 is 0. The standard InChI is InChI=1S/C26H28N4O2/c1-26(2)12-22-23(13-26)28-29-24(22)19-9-10-20(16-31)21(11-19)15-30(4)14-17-5-7-18(8-6-17)25(32)27-3/h5-11,16H,3,12-15H2,1-2,4H3,(H,28,29). The number of fused-ring (bicyclic) bond motifs is 1. The van der Waals surface area contributed by atoms with Crippen molar-refractivity contribution in [3.8, 4) is 11.3 Å². The van der Waals surface area contributed by atoms with E-state index in [1.165, 1.54) is 11.3 Å². The van der Waals surface area contributed by atoms with Crippen LogP contribution >= 0.6 is 0 Å². The third kappa shape index (κ3) is 4.46. The molecule has 1 aliphatic carbocycles. The van der Waals surface area contributed by atoms with Gasteiger partial charge in [0.05, 0.1) is 5.69 Å². The van der Waals surface area contributed by atoms with Gasteiger partial charge in [0.15, 0.2) is 0 Å². The molecular formula is C26H28N4O2. The summed E-state index contributed by atoms with van der Waals surface area (Å²) >= 11 is 0. The van der Waals surface area contributed by atoms with Gasteiger partial charge in [-0.25, -0.2) is 4.99 Å². The summed E-state index contributed by atoms with van der Waals surface area (Å²) in [5, 5.41) is 7.79. The van der Waals surface area contributed by atoms with Crippen LogP contribution in [-0.4, -0.2) is 41.1 Å². The Bertz CT molecular complexity index is 1180. The molecule has 2 aromatic carbocycles. The van der Waals surface area contributed by atoms with Crippen molar-refractivity contribution in [2.75, 3.05) is 7.05 Å². The molecule has 1 amide bonds. The lowest BCUT2D eigenvalue weighted by Crippen LogP contribution is -2.18. The summed E-state index contributed by atoms with van der Waals surface area (Å²) in [6, 6.07) is 13.3. The van der Waals surface area contributed by atoms with Crippen molar-refractivity contribution in [1.29, 1.82) is 0 Å². The smallest absolute Gasteiger partial charge is 0.276 e. The number of aromatic nitrogens is 2. The maximum Gasteiger partial charge on any atom is 0.276 e. The van der Waals surface area contributed by atoms with Gasteiger partial charge in [-0.2, -0.15) is 5.10 Å². The first kappa shape index (κ1) is 21.8. The van der Waals surface area contributed by atoms with Crippen LogP contribution in [0.3, 0.4) is 0 Å². The fourth-order valence-electron chi connectivity index (χ4n) is 4.50. The summed E-state index contributed by atoms with van der Waals surface area (Å²) in [6.45, 7) is 9.13. The highest BCUT2D eigenvalue weighted by Crippen LogP contribution is 2.40. The molecule has 0 saturated heterocycles. The van der Waals surface area contributed by atoms with Crippen LogP contribution in [-0.2, 0) is 25.9 Å². The molecule has 0 bridgehead atoms. The minimum atomic E-state index is -0.328. The lowest BCUT2D eigenvalue weighted by molar-refractivity contribution is 0.100. The maximum atomic E-state index is 11.7. The van der Waals surface area contributed by atoms with Crippen LogP contribution in [0.5, 0.6) is 0 Å². The van der Waals surface area contributed by atoms with E-state index in [1.807, 2.05) is 31.3 Å². The zero-order valence-corrected chi connectivity index (χ0v) is 18.8. The predicted molar refractivity (Wildman–Crippen MR) is 126 cm³/mol. The highest BCUT2D eigenvalue weighted by Gasteiger charge is 2.32. The van der Waals surface area contributed by atoms with E-state index < -0.39 is 0 Å². The fourth-order valence-corrected chi connectivity index (χ4v) is 4.50. The monoisotopic (exact) mass is 428 g/mol. The highest BCUT2D eigenvalue weighted by atomic mass is 16.1. The molecular weight excluding hydrogens is 400 g/mol. The molecule has 1 aliphatic rings. The summed E-state index contributed by atoms with van der Waals surface area (Å²) in [5.74, 6) is -0.328. The van der Waals surface area contributed by atoms with Crippen LogP contribution in [0, 0.1) is 5.41 Å². The van der Waals surface area contributed by atoms with Gasteiger partial charge in [-0.05, 0) is 61.3 Å². The number of aldehydes is 1. The number of carbonyl (C=O) groups is 2. The molecule has 0 fully saturated rings. The second-order valence-electron chi connectivity index (χ2n) is 9.41. The topological polar surface area (TPSA) is 78.4 Å². The first-order chi connectivity index (χ1) is 15.3. The van der Waals surface area contributed by atoms with Crippen LogP contribution in [0.15, 0.2) is 47.5 Å². The number of nitrogens with zero attached hydrogens (tertiary/aromatic N) is 3. The molecule has 1 aromatic heterocycles. The quantitative estimate of drug-likeness (QED) is 0.444. The summed E-state index contributed by atoms with van der Waals surface area (Å²) in [6.07, 6.45) is 2.91. The van der Waals surface area contributed by atoms with Gasteiger partial charge in [-0.15, -0.1) is 0 Å². The lowest BCUT2D eigenvalue weighted by Gasteiger charge is -2.19. The zero-order chi connectivity index (χ0) is 22.9. The highest BCUT2D eigenvalue weighted by molar-refractivity contribution is 5.96. The third-order valence-electron chi connectivity index (χ3n) is 6.04. The lowest BCUT2D eigenvalue weighted by atomic mass is 9.89. The Hall–Kier alpha value is -3.38.